The number of fused-ring (bicyclic) bond motifs is 1. The second-order valence-electron chi connectivity index (χ2n) is 9.02. The van der Waals surface area contributed by atoms with Gasteiger partial charge in [-0.15, -0.1) is 5.10 Å². The molecule has 0 aliphatic carbocycles. The monoisotopic (exact) mass is 512 g/mol. The van der Waals surface area contributed by atoms with Crippen LogP contribution < -0.4 is 15.4 Å². The van der Waals surface area contributed by atoms with Crippen molar-refractivity contribution in [3.8, 4) is 11.3 Å². The Bertz CT molecular complexity index is 1530. The molecule has 4 aromatic rings. The third-order valence-corrected chi connectivity index (χ3v) is 6.90. The van der Waals surface area contributed by atoms with Crippen LogP contribution in [-0.2, 0) is 14.8 Å². The van der Waals surface area contributed by atoms with Crippen molar-refractivity contribution in [3.05, 3.63) is 65.8 Å². The number of anilines is 3. The first-order valence-corrected chi connectivity index (χ1v) is 12.6. The van der Waals surface area contributed by atoms with Crippen molar-refractivity contribution in [1.82, 2.24) is 19.3 Å². The van der Waals surface area contributed by atoms with Gasteiger partial charge in [0.25, 0.3) is 0 Å². The average molecular weight is 513 g/mol. The number of amides is 1. The molecular formula is C24H25ClN6O3S. The Morgan fingerprint density at radius 2 is 1.83 bits per heavy atom. The molecule has 11 heteroatoms. The number of carbonyl (C=O) groups is 1. The first-order valence-electron chi connectivity index (χ1n) is 10.7. The smallest absolute Gasteiger partial charge is 0.245 e. The van der Waals surface area contributed by atoms with E-state index in [0.29, 0.717) is 33.6 Å². The van der Waals surface area contributed by atoms with Gasteiger partial charge in [0.15, 0.2) is 0 Å². The van der Waals surface area contributed by atoms with Crippen LogP contribution in [0.25, 0.3) is 16.8 Å². The third kappa shape index (κ3) is 5.79. The fourth-order valence-electron chi connectivity index (χ4n) is 3.48. The molecule has 0 radical (unpaired) electrons. The van der Waals surface area contributed by atoms with Crippen LogP contribution in [0.5, 0.6) is 0 Å². The zero-order valence-corrected chi connectivity index (χ0v) is 21.2. The molecule has 0 aliphatic heterocycles. The molecule has 182 valence electrons. The van der Waals surface area contributed by atoms with Crippen LogP contribution in [0, 0.1) is 0 Å². The molecular weight excluding hydrogens is 488 g/mol. The summed E-state index contributed by atoms with van der Waals surface area (Å²) in [6, 6.07) is 15.5. The van der Waals surface area contributed by atoms with Gasteiger partial charge < -0.3 is 10.6 Å². The second kappa shape index (κ2) is 9.29. The summed E-state index contributed by atoms with van der Waals surface area (Å²) in [5.41, 5.74) is 2.62. The van der Waals surface area contributed by atoms with Gasteiger partial charge in [0, 0.05) is 23.7 Å². The Balaban J connectivity index is 1.68. The van der Waals surface area contributed by atoms with Crippen LogP contribution in [0.1, 0.15) is 27.7 Å². The molecule has 1 amide bonds. The van der Waals surface area contributed by atoms with E-state index in [2.05, 4.69) is 25.4 Å². The minimum atomic E-state index is -3.70. The normalized spacial score (nSPS) is 12.0. The van der Waals surface area contributed by atoms with Crippen LogP contribution in [0.3, 0.4) is 0 Å². The quantitative estimate of drug-likeness (QED) is 0.340. The molecule has 9 nitrogen and oxygen atoms in total. The number of nitrogens with zero attached hydrogens (tertiary/aromatic N) is 3. The van der Waals surface area contributed by atoms with Crippen LogP contribution >= 0.6 is 11.6 Å². The van der Waals surface area contributed by atoms with E-state index in [1.807, 2.05) is 18.2 Å². The number of sulfonamides is 1. The van der Waals surface area contributed by atoms with E-state index in [1.165, 1.54) is 6.92 Å². The van der Waals surface area contributed by atoms with Crippen LogP contribution in [0.2, 0.25) is 5.02 Å². The summed E-state index contributed by atoms with van der Waals surface area (Å²) < 4.78 is 30.0. The largest absolute Gasteiger partial charge is 0.325 e. The zero-order chi connectivity index (χ0) is 25.4. The maximum Gasteiger partial charge on any atom is 0.245 e. The number of hydrogen-bond acceptors (Lipinski definition) is 6. The number of hydrogen-bond donors (Lipinski definition) is 3. The van der Waals surface area contributed by atoms with Crippen molar-refractivity contribution in [2.75, 3.05) is 10.6 Å². The maximum atomic E-state index is 12.8. The van der Waals surface area contributed by atoms with Crippen molar-refractivity contribution in [2.24, 2.45) is 0 Å². The van der Waals surface area contributed by atoms with Gasteiger partial charge in [-0.3, -0.25) is 4.79 Å². The summed E-state index contributed by atoms with van der Waals surface area (Å²) in [6.45, 7) is 6.78. The van der Waals surface area contributed by atoms with Crippen molar-refractivity contribution in [1.29, 1.82) is 0 Å². The molecule has 0 bridgehead atoms. The SMILES string of the molecule is CC(=O)Nc1cc(Nc2ncc3ccc(-c4cccc(S(=O)(=O)NC(C)(C)C)c4)n3n2)ccc1Cl. The molecule has 0 saturated carbocycles. The predicted molar refractivity (Wildman–Crippen MR) is 138 cm³/mol. The standard InChI is InChI=1S/C24H25ClN6O3S/c1-15(32)27-21-13-17(8-10-20(21)25)28-23-26-14-18-9-11-22(31(18)29-23)16-6-5-7-19(12-16)35(33,34)30-24(2,3)4/h5-14,30H,1-4H3,(H,27,32)(H,28,29). The van der Waals surface area contributed by atoms with E-state index in [1.54, 1.807) is 67.9 Å². The van der Waals surface area contributed by atoms with Crippen molar-refractivity contribution < 1.29 is 13.2 Å². The molecule has 0 saturated heterocycles. The highest BCUT2D eigenvalue weighted by Gasteiger charge is 2.22. The lowest BCUT2D eigenvalue weighted by atomic mass is 10.1. The van der Waals surface area contributed by atoms with Crippen LogP contribution in [-0.4, -0.2) is 34.5 Å². The van der Waals surface area contributed by atoms with Gasteiger partial charge in [-0.05, 0) is 63.2 Å². The van der Waals surface area contributed by atoms with E-state index in [-0.39, 0.29) is 10.8 Å². The number of rotatable bonds is 6. The van der Waals surface area contributed by atoms with Crippen molar-refractivity contribution >= 4 is 50.4 Å². The minimum absolute atomic E-state index is 0.166. The third-order valence-electron chi connectivity index (χ3n) is 4.81. The number of carbonyl (C=O) groups excluding carboxylic acids is 1. The predicted octanol–water partition coefficient (Wildman–Crippen LogP) is 4.83. The topological polar surface area (TPSA) is 117 Å². The van der Waals surface area contributed by atoms with E-state index in [0.717, 1.165) is 5.52 Å². The van der Waals surface area contributed by atoms with Crippen molar-refractivity contribution in [2.45, 2.75) is 38.1 Å². The van der Waals surface area contributed by atoms with Crippen LogP contribution in [0.4, 0.5) is 17.3 Å². The lowest BCUT2D eigenvalue weighted by Gasteiger charge is -2.20. The average Bonchev–Trinajstić information content (AvgIpc) is 3.17. The molecule has 2 aromatic carbocycles. The number of aromatic nitrogens is 3. The molecule has 4 rings (SSSR count). The van der Waals surface area contributed by atoms with Gasteiger partial charge in [-0.25, -0.2) is 22.6 Å². The fourth-order valence-corrected chi connectivity index (χ4v) is 5.11. The van der Waals surface area contributed by atoms with E-state index in [9.17, 15) is 13.2 Å². The Morgan fingerprint density at radius 1 is 1.06 bits per heavy atom. The molecule has 35 heavy (non-hydrogen) atoms. The zero-order valence-electron chi connectivity index (χ0n) is 19.6. The van der Waals surface area contributed by atoms with E-state index in [4.69, 9.17) is 11.6 Å². The first-order chi connectivity index (χ1) is 16.4. The Hall–Kier alpha value is -3.47. The molecule has 3 N–H and O–H groups in total. The Morgan fingerprint density at radius 3 is 2.54 bits per heavy atom. The van der Waals surface area contributed by atoms with E-state index >= 15 is 0 Å². The van der Waals surface area contributed by atoms with Crippen LogP contribution in [0.15, 0.2) is 65.7 Å². The van der Waals surface area contributed by atoms with Gasteiger partial charge in [-0.2, -0.15) is 0 Å². The summed E-state index contributed by atoms with van der Waals surface area (Å²) in [7, 11) is -3.70. The van der Waals surface area contributed by atoms with Gasteiger partial charge in [0.05, 0.1) is 33.0 Å². The number of benzene rings is 2. The highest BCUT2D eigenvalue weighted by Crippen LogP contribution is 2.28. The summed E-state index contributed by atoms with van der Waals surface area (Å²) in [5.74, 6) is 0.0740. The van der Waals surface area contributed by atoms with Gasteiger partial charge >= 0.3 is 0 Å². The van der Waals surface area contributed by atoms with Gasteiger partial charge in [0.2, 0.25) is 21.9 Å². The molecule has 0 aliphatic rings. The van der Waals surface area contributed by atoms with Gasteiger partial charge in [0.1, 0.15) is 0 Å². The first kappa shape index (κ1) is 24.6. The molecule has 0 spiro atoms. The lowest BCUT2D eigenvalue weighted by molar-refractivity contribution is -0.114. The summed E-state index contributed by atoms with van der Waals surface area (Å²) in [6.07, 6.45) is 1.66. The molecule has 0 atom stereocenters. The highest BCUT2D eigenvalue weighted by molar-refractivity contribution is 7.89. The van der Waals surface area contributed by atoms with Gasteiger partial charge in [-0.1, -0.05) is 23.7 Å². The summed E-state index contributed by atoms with van der Waals surface area (Å²) >= 11 is 6.15. The second-order valence-corrected chi connectivity index (χ2v) is 11.1. The van der Waals surface area contributed by atoms with Crippen molar-refractivity contribution in [3.63, 3.8) is 0 Å². The lowest BCUT2D eigenvalue weighted by Crippen LogP contribution is -2.40. The summed E-state index contributed by atoms with van der Waals surface area (Å²) in [5, 5.41) is 10.8. The fraction of sp³-hybridized carbons (Fsp3) is 0.208. The minimum Gasteiger partial charge on any atom is -0.325 e. The maximum absolute atomic E-state index is 12.8. The molecule has 0 unspecified atom stereocenters. The Kier molecular flexibility index (Phi) is 6.54. The Labute approximate surface area is 208 Å². The summed E-state index contributed by atoms with van der Waals surface area (Å²) in [4.78, 5) is 15.9. The molecule has 0 fully saturated rings. The highest BCUT2D eigenvalue weighted by atomic mass is 35.5. The molecule has 2 heterocycles. The number of nitrogens with one attached hydrogen (secondary N) is 3. The molecule has 2 aromatic heterocycles. The number of halogens is 1. The van der Waals surface area contributed by atoms with E-state index < -0.39 is 15.6 Å².